The summed E-state index contributed by atoms with van der Waals surface area (Å²) in [6.07, 6.45) is 3.06. The highest BCUT2D eigenvalue weighted by Gasteiger charge is 2.16. The Labute approximate surface area is 112 Å². The van der Waals surface area contributed by atoms with Crippen molar-refractivity contribution >= 4 is 6.09 Å². The Balaban J connectivity index is 3.80. The molecule has 1 atom stereocenters. The first-order valence-electron chi connectivity index (χ1n) is 7.06. The van der Waals surface area contributed by atoms with Gasteiger partial charge in [-0.1, -0.05) is 20.3 Å². The highest BCUT2D eigenvalue weighted by Crippen LogP contribution is 2.10. The molecule has 4 heteroatoms. The number of carbonyl (C=O) groups excluding carboxylic acids is 1. The van der Waals surface area contributed by atoms with E-state index in [1.807, 2.05) is 20.8 Å². The van der Waals surface area contributed by atoms with Gasteiger partial charge in [0.25, 0.3) is 0 Å². The van der Waals surface area contributed by atoms with Crippen LogP contribution in [0.25, 0.3) is 0 Å². The molecule has 0 unspecified atom stereocenters. The van der Waals surface area contributed by atoms with E-state index in [0.717, 1.165) is 19.5 Å². The van der Waals surface area contributed by atoms with Crippen molar-refractivity contribution in [3.05, 3.63) is 0 Å². The van der Waals surface area contributed by atoms with Crippen molar-refractivity contribution < 1.29 is 9.53 Å². The number of hydrogen-bond donors (Lipinski definition) is 2. The summed E-state index contributed by atoms with van der Waals surface area (Å²) in [6.45, 7) is 12.6. The van der Waals surface area contributed by atoms with Crippen molar-refractivity contribution in [3.8, 4) is 0 Å². The Morgan fingerprint density at radius 3 is 2.39 bits per heavy atom. The van der Waals surface area contributed by atoms with Gasteiger partial charge in [0, 0.05) is 6.54 Å². The Morgan fingerprint density at radius 2 is 1.89 bits per heavy atom. The summed E-state index contributed by atoms with van der Waals surface area (Å²) in [5.74, 6) is 0.630. The monoisotopic (exact) mass is 258 g/mol. The van der Waals surface area contributed by atoms with E-state index in [9.17, 15) is 4.79 Å². The lowest BCUT2D eigenvalue weighted by atomic mass is 10.00. The third-order valence-corrected chi connectivity index (χ3v) is 2.60. The van der Waals surface area contributed by atoms with Gasteiger partial charge in [0.15, 0.2) is 0 Å². The summed E-state index contributed by atoms with van der Waals surface area (Å²) in [4.78, 5) is 11.5. The van der Waals surface area contributed by atoms with Gasteiger partial charge in [-0.05, 0) is 52.6 Å². The van der Waals surface area contributed by atoms with Gasteiger partial charge in [-0.3, -0.25) is 0 Å². The third kappa shape index (κ3) is 10.4. The molecule has 0 fully saturated rings. The van der Waals surface area contributed by atoms with E-state index in [2.05, 4.69) is 24.5 Å². The molecule has 4 nitrogen and oxygen atoms in total. The fourth-order valence-corrected chi connectivity index (χ4v) is 1.80. The predicted molar refractivity (Wildman–Crippen MR) is 75.8 cm³/mol. The molecule has 2 N–H and O–H groups in total. The summed E-state index contributed by atoms with van der Waals surface area (Å²) >= 11 is 0. The van der Waals surface area contributed by atoms with Crippen molar-refractivity contribution in [2.75, 3.05) is 19.6 Å². The first kappa shape index (κ1) is 17.2. The molecule has 0 spiro atoms. The third-order valence-electron chi connectivity index (χ3n) is 2.60. The van der Waals surface area contributed by atoms with E-state index in [1.54, 1.807) is 0 Å². The number of carbonyl (C=O) groups is 1. The maximum Gasteiger partial charge on any atom is 0.407 e. The van der Waals surface area contributed by atoms with E-state index in [4.69, 9.17) is 4.74 Å². The molecule has 0 aromatic heterocycles. The lowest BCUT2D eigenvalue weighted by molar-refractivity contribution is 0.0524. The number of nitrogens with one attached hydrogen (secondary N) is 2. The van der Waals surface area contributed by atoms with Crippen LogP contribution in [0, 0.1) is 5.92 Å². The van der Waals surface area contributed by atoms with Gasteiger partial charge in [0.1, 0.15) is 5.60 Å². The fourth-order valence-electron chi connectivity index (χ4n) is 1.80. The van der Waals surface area contributed by atoms with Crippen LogP contribution in [-0.2, 0) is 4.74 Å². The summed E-state index contributed by atoms with van der Waals surface area (Å²) in [5.41, 5.74) is -0.420. The smallest absolute Gasteiger partial charge is 0.407 e. The van der Waals surface area contributed by atoms with E-state index in [1.165, 1.54) is 12.8 Å². The van der Waals surface area contributed by atoms with Gasteiger partial charge in [-0.25, -0.2) is 4.79 Å². The number of hydrogen-bond acceptors (Lipinski definition) is 3. The Kier molecular flexibility index (Phi) is 8.81. The number of amides is 1. The molecule has 1 amide bonds. The minimum absolute atomic E-state index is 0.318. The molecular weight excluding hydrogens is 228 g/mol. The predicted octanol–water partition coefficient (Wildman–Crippen LogP) is 2.93. The Morgan fingerprint density at radius 1 is 1.22 bits per heavy atom. The van der Waals surface area contributed by atoms with Crippen LogP contribution in [0.2, 0.25) is 0 Å². The molecule has 0 bridgehead atoms. The topological polar surface area (TPSA) is 50.4 Å². The largest absolute Gasteiger partial charge is 0.444 e. The van der Waals surface area contributed by atoms with E-state index < -0.39 is 5.60 Å². The van der Waals surface area contributed by atoms with Crippen LogP contribution in [0.3, 0.4) is 0 Å². The summed E-state index contributed by atoms with van der Waals surface area (Å²) in [5, 5.41) is 6.18. The Bertz CT molecular complexity index is 224. The number of rotatable bonds is 8. The standard InChI is InChI=1S/C14H30N2O2/c1-6-8-12(11-15-7-2)9-10-16-13(17)18-14(3,4)5/h12,15H,6-11H2,1-5H3,(H,16,17)/t12-/m1/s1. The average Bonchev–Trinajstić information content (AvgIpc) is 2.23. The molecular formula is C14H30N2O2. The molecule has 0 aromatic carbocycles. The van der Waals surface area contributed by atoms with Crippen LogP contribution in [0.5, 0.6) is 0 Å². The van der Waals surface area contributed by atoms with Crippen LogP contribution in [0.1, 0.15) is 53.9 Å². The zero-order valence-corrected chi connectivity index (χ0v) is 12.6. The summed E-state index contributed by atoms with van der Waals surface area (Å²) in [7, 11) is 0. The second-order valence-electron chi connectivity index (χ2n) is 5.68. The quantitative estimate of drug-likeness (QED) is 0.704. The van der Waals surface area contributed by atoms with E-state index in [-0.39, 0.29) is 6.09 Å². The zero-order chi connectivity index (χ0) is 14.0. The molecule has 0 aliphatic heterocycles. The zero-order valence-electron chi connectivity index (χ0n) is 12.6. The highest BCUT2D eigenvalue weighted by atomic mass is 16.6. The van der Waals surface area contributed by atoms with Crippen molar-refractivity contribution in [1.82, 2.24) is 10.6 Å². The number of ether oxygens (including phenoxy) is 1. The van der Waals surface area contributed by atoms with Gasteiger partial charge < -0.3 is 15.4 Å². The maximum absolute atomic E-state index is 11.5. The maximum atomic E-state index is 11.5. The highest BCUT2D eigenvalue weighted by molar-refractivity contribution is 5.67. The van der Waals surface area contributed by atoms with Crippen molar-refractivity contribution in [3.63, 3.8) is 0 Å². The molecule has 108 valence electrons. The van der Waals surface area contributed by atoms with Crippen LogP contribution in [0.4, 0.5) is 4.79 Å². The number of alkyl carbamates (subject to hydrolysis) is 1. The van der Waals surface area contributed by atoms with Gasteiger partial charge in [-0.15, -0.1) is 0 Å². The SMILES string of the molecule is CCC[C@H](CCNC(=O)OC(C)(C)C)CNCC. The summed E-state index contributed by atoms with van der Waals surface area (Å²) < 4.78 is 5.19. The molecule has 0 aliphatic rings. The van der Waals surface area contributed by atoms with Gasteiger partial charge >= 0.3 is 6.09 Å². The summed E-state index contributed by atoms with van der Waals surface area (Å²) in [6, 6.07) is 0. The van der Waals surface area contributed by atoms with Crippen molar-refractivity contribution in [2.24, 2.45) is 5.92 Å². The lowest BCUT2D eigenvalue weighted by Gasteiger charge is -2.21. The molecule has 0 heterocycles. The minimum Gasteiger partial charge on any atom is -0.444 e. The molecule has 0 rings (SSSR count). The molecule has 0 saturated carbocycles. The fraction of sp³-hybridized carbons (Fsp3) is 0.929. The van der Waals surface area contributed by atoms with Crippen LogP contribution < -0.4 is 10.6 Å². The molecule has 0 radical (unpaired) electrons. The Hall–Kier alpha value is -0.770. The van der Waals surface area contributed by atoms with Crippen molar-refractivity contribution in [1.29, 1.82) is 0 Å². The minimum atomic E-state index is -0.420. The average molecular weight is 258 g/mol. The molecule has 0 aromatic rings. The van der Waals surface area contributed by atoms with E-state index in [0.29, 0.717) is 12.5 Å². The first-order valence-corrected chi connectivity index (χ1v) is 7.06. The van der Waals surface area contributed by atoms with Gasteiger partial charge in [0.05, 0.1) is 0 Å². The first-order chi connectivity index (χ1) is 8.39. The molecule has 0 saturated heterocycles. The van der Waals surface area contributed by atoms with Gasteiger partial charge in [-0.2, -0.15) is 0 Å². The normalized spacial score (nSPS) is 13.2. The van der Waals surface area contributed by atoms with E-state index >= 15 is 0 Å². The second kappa shape index (κ2) is 9.20. The van der Waals surface area contributed by atoms with Crippen LogP contribution in [-0.4, -0.2) is 31.3 Å². The molecule has 0 aliphatic carbocycles. The lowest BCUT2D eigenvalue weighted by Crippen LogP contribution is -2.34. The van der Waals surface area contributed by atoms with Crippen molar-refractivity contribution in [2.45, 2.75) is 59.5 Å². The van der Waals surface area contributed by atoms with Crippen LogP contribution in [0.15, 0.2) is 0 Å². The van der Waals surface area contributed by atoms with Gasteiger partial charge in [0.2, 0.25) is 0 Å². The van der Waals surface area contributed by atoms with Crippen LogP contribution >= 0.6 is 0 Å². The second-order valence-corrected chi connectivity index (χ2v) is 5.68. The molecule has 18 heavy (non-hydrogen) atoms.